The number of anilines is 1. The first-order valence-electron chi connectivity index (χ1n) is 3.24. The van der Waals surface area contributed by atoms with E-state index >= 15 is 0 Å². The van der Waals surface area contributed by atoms with Gasteiger partial charge in [0.2, 0.25) is 0 Å². The highest BCUT2D eigenvalue weighted by molar-refractivity contribution is 6.32. The lowest BCUT2D eigenvalue weighted by Crippen LogP contribution is -2.14. The van der Waals surface area contributed by atoms with Crippen LogP contribution in [0, 0.1) is 0 Å². The minimum absolute atomic E-state index is 0.515. The van der Waals surface area contributed by atoms with E-state index in [2.05, 4.69) is 15.3 Å². The van der Waals surface area contributed by atoms with E-state index in [4.69, 9.17) is 17.3 Å². The van der Waals surface area contributed by atoms with Crippen molar-refractivity contribution in [3.05, 3.63) is 17.5 Å². The lowest BCUT2D eigenvalue weighted by Gasteiger charge is -2.03. The van der Waals surface area contributed by atoms with Crippen LogP contribution in [-0.4, -0.2) is 23.1 Å². The summed E-state index contributed by atoms with van der Waals surface area (Å²) in [7, 11) is 0. The van der Waals surface area contributed by atoms with Gasteiger partial charge in [-0.2, -0.15) is 0 Å². The fourth-order valence-corrected chi connectivity index (χ4v) is 0.805. The van der Waals surface area contributed by atoms with E-state index in [-0.39, 0.29) is 0 Å². The Morgan fingerprint density at radius 2 is 2.45 bits per heavy atom. The number of nitrogens with two attached hydrogens (primary N) is 1. The molecule has 0 radical (unpaired) electrons. The number of aromatic nitrogens is 2. The lowest BCUT2D eigenvalue weighted by atomic mass is 10.5. The molecule has 0 aliphatic heterocycles. The van der Waals surface area contributed by atoms with Crippen LogP contribution in [0.15, 0.2) is 12.5 Å². The Morgan fingerprint density at radius 1 is 1.64 bits per heavy atom. The van der Waals surface area contributed by atoms with Crippen LogP contribution in [0.25, 0.3) is 0 Å². The third-order valence-electron chi connectivity index (χ3n) is 1.10. The Hall–Kier alpha value is -0.870. The number of nitrogens with zero attached hydrogens (tertiary/aromatic N) is 2. The zero-order valence-electron chi connectivity index (χ0n) is 5.92. The predicted octanol–water partition coefficient (Wildman–Crippen LogP) is 0.501. The van der Waals surface area contributed by atoms with E-state index in [1.165, 1.54) is 12.5 Å². The molecule has 1 rings (SSSR count). The third kappa shape index (κ3) is 2.32. The summed E-state index contributed by atoms with van der Waals surface area (Å²) in [6, 6.07) is 0. The summed E-state index contributed by atoms with van der Waals surface area (Å²) in [5.74, 6) is 0.632. The normalized spacial score (nSPS) is 9.64. The Morgan fingerprint density at radius 3 is 3.09 bits per heavy atom. The van der Waals surface area contributed by atoms with Crippen molar-refractivity contribution < 1.29 is 0 Å². The summed E-state index contributed by atoms with van der Waals surface area (Å²) in [6.07, 6.45) is 2.97. The lowest BCUT2D eigenvalue weighted by molar-refractivity contribution is 1.00. The Labute approximate surface area is 69.8 Å². The van der Waals surface area contributed by atoms with Crippen LogP contribution in [0.4, 0.5) is 5.82 Å². The van der Waals surface area contributed by atoms with Crippen LogP contribution >= 0.6 is 11.6 Å². The molecule has 5 heteroatoms. The maximum Gasteiger partial charge on any atom is 0.148 e. The van der Waals surface area contributed by atoms with Gasteiger partial charge in [0.15, 0.2) is 0 Å². The third-order valence-corrected chi connectivity index (χ3v) is 1.38. The van der Waals surface area contributed by atoms with E-state index < -0.39 is 0 Å². The average Bonchev–Trinajstić information content (AvgIpc) is 2.03. The molecule has 3 N–H and O–H groups in total. The first-order valence-corrected chi connectivity index (χ1v) is 3.62. The zero-order chi connectivity index (χ0) is 8.10. The standard InChI is InChI=1S/C6H9ClN4/c7-5-3-9-4-11-6(5)10-2-1-8/h3-4H,1-2,8H2,(H,9,10,11). The van der Waals surface area contributed by atoms with Crippen molar-refractivity contribution in [2.75, 3.05) is 18.4 Å². The van der Waals surface area contributed by atoms with Gasteiger partial charge < -0.3 is 11.1 Å². The number of nitrogens with one attached hydrogen (secondary N) is 1. The van der Waals surface area contributed by atoms with Gasteiger partial charge in [-0.25, -0.2) is 9.97 Å². The highest BCUT2D eigenvalue weighted by Gasteiger charge is 1.97. The molecule has 0 saturated carbocycles. The molecule has 0 aromatic carbocycles. The van der Waals surface area contributed by atoms with Gasteiger partial charge in [-0.3, -0.25) is 0 Å². The summed E-state index contributed by atoms with van der Waals surface area (Å²) in [4.78, 5) is 7.64. The maximum absolute atomic E-state index is 5.73. The molecule has 11 heavy (non-hydrogen) atoms. The van der Waals surface area contributed by atoms with Crippen LogP contribution < -0.4 is 11.1 Å². The molecule has 0 amide bonds. The largest absolute Gasteiger partial charge is 0.367 e. The minimum Gasteiger partial charge on any atom is -0.367 e. The fourth-order valence-electron chi connectivity index (χ4n) is 0.633. The second-order valence-corrected chi connectivity index (χ2v) is 2.34. The molecule has 4 nitrogen and oxygen atoms in total. The van der Waals surface area contributed by atoms with Crippen LogP contribution in [-0.2, 0) is 0 Å². The molecular formula is C6H9ClN4. The van der Waals surface area contributed by atoms with E-state index in [1.807, 2.05) is 0 Å². The van der Waals surface area contributed by atoms with E-state index in [1.54, 1.807) is 0 Å². The second kappa shape index (κ2) is 4.10. The van der Waals surface area contributed by atoms with Gasteiger partial charge in [-0.1, -0.05) is 11.6 Å². The number of hydrogen-bond donors (Lipinski definition) is 2. The van der Waals surface area contributed by atoms with Crippen molar-refractivity contribution in [1.29, 1.82) is 0 Å². The summed E-state index contributed by atoms with van der Waals surface area (Å²) >= 11 is 5.73. The molecule has 0 atom stereocenters. The molecule has 60 valence electrons. The average molecular weight is 173 g/mol. The van der Waals surface area contributed by atoms with Gasteiger partial charge in [0.05, 0.1) is 6.20 Å². The topological polar surface area (TPSA) is 63.8 Å². The molecule has 0 saturated heterocycles. The summed E-state index contributed by atoms with van der Waals surface area (Å²) in [5.41, 5.74) is 5.28. The molecule has 0 aliphatic rings. The molecule has 0 bridgehead atoms. The molecule has 1 aromatic rings. The first-order chi connectivity index (χ1) is 5.34. The number of halogens is 1. The SMILES string of the molecule is NCCNc1ncncc1Cl. The highest BCUT2D eigenvalue weighted by atomic mass is 35.5. The van der Waals surface area contributed by atoms with Crippen LogP contribution in [0.2, 0.25) is 5.02 Å². The van der Waals surface area contributed by atoms with Crippen LogP contribution in [0.3, 0.4) is 0 Å². The van der Waals surface area contributed by atoms with Gasteiger partial charge in [0, 0.05) is 13.1 Å². The van der Waals surface area contributed by atoms with Crippen molar-refractivity contribution in [3.8, 4) is 0 Å². The molecule has 0 fully saturated rings. The summed E-state index contributed by atoms with van der Waals surface area (Å²) < 4.78 is 0. The zero-order valence-corrected chi connectivity index (χ0v) is 6.67. The smallest absolute Gasteiger partial charge is 0.148 e. The fraction of sp³-hybridized carbons (Fsp3) is 0.333. The van der Waals surface area contributed by atoms with E-state index in [0.717, 1.165) is 0 Å². The van der Waals surface area contributed by atoms with Gasteiger partial charge in [-0.05, 0) is 0 Å². The highest BCUT2D eigenvalue weighted by Crippen LogP contribution is 2.14. The van der Waals surface area contributed by atoms with Gasteiger partial charge in [-0.15, -0.1) is 0 Å². The summed E-state index contributed by atoms with van der Waals surface area (Å²) in [6.45, 7) is 1.22. The Bertz CT molecular complexity index is 228. The van der Waals surface area contributed by atoms with Gasteiger partial charge >= 0.3 is 0 Å². The van der Waals surface area contributed by atoms with Crippen molar-refractivity contribution >= 4 is 17.4 Å². The predicted molar refractivity (Wildman–Crippen MR) is 44.6 cm³/mol. The minimum atomic E-state index is 0.515. The number of rotatable bonds is 3. The summed E-state index contributed by atoms with van der Waals surface area (Å²) in [5, 5.41) is 3.47. The molecular weight excluding hydrogens is 164 g/mol. The van der Waals surface area contributed by atoms with Crippen molar-refractivity contribution in [2.45, 2.75) is 0 Å². The second-order valence-electron chi connectivity index (χ2n) is 1.93. The Kier molecular flexibility index (Phi) is 3.07. The monoisotopic (exact) mass is 172 g/mol. The molecule has 0 unspecified atom stereocenters. The van der Waals surface area contributed by atoms with Crippen molar-refractivity contribution in [3.63, 3.8) is 0 Å². The quantitative estimate of drug-likeness (QED) is 0.697. The molecule has 1 aromatic heterocycles. The van der Waals surface area contributed by atoms with Crippen molar-refractivity contribution in [2.24, 2.45) is 5.73 Å². The van der Waals surface area contributed by atoms with Crippen LogP contribution in [0.5, 0.6) is 0 Å². The number of hydrogen-bond acceptors (Lipinski definition) is 4. The van der Waals surface area contributed by atoms with E-state index in [9.17, 15) is 0 Å². The molecule has 0 aliphatic carbocycles. The van der Waals surface area contributed by atoms with Gasteiger partial charge in [0.1, 0.15) is 17.2 Å². The van der Waals surface area contributed by atoms with E-state index in [0.29, 0.717) is 23.9 Å². The molecule has 1 heterocycles. The Balaban J connectivity index is 2.62. The maximum atomic E-state index is 5.73. The molecule has 0 spiro atoms. The first kappa shape index (κ1) is 8.23. The van der Waals surface area contributed by atoms with Gasteiger partial charge in [0.25, 0.3) is 0 Å². The van der Waals surface area contributed by atoms with Crippen LogP contribution in [0.1, 0.15) is 0 Å². The van der Waals surface area contributed by atoms with Crippen molar-refractivity contribution in [1.82, 2.24) is 9.97 Å².